The Hall–Kier alpha value is -2.11. The topological polar surface area (TPSA) is 73.7 Å². The molecule has 114 valence electrons. The molecule has 1 N–H and O–H groups in total. The number of anilines is 1. The van der Waals surface area contributed by atoms with Crippen molar-refractivity contribution in [1.82, 2.24) is 9.88 Å². The molecule has 0 aliphatic carbocycles. The molecule has 0 bridgehead atoms. The first-order valence-electron chi connectivity index (χ1n) is 7.22. The summed E-state index contributed by atoms with van der Waals surface area (Å²) in [6.45, 7) is 3.27. The predicted octanol–water partition coefficient (Wildman–Crippen LogP) is 1.62. The van der Waals surface area contributed by atoms with Crippen LogP contribution in [-0.2, 0) is 4.79 Å². The van der Waals surface area contributed by atoms with Gasteiger partial charge < -0.3 is 14.9 Å². The summed E-state index contributed by atoms with van der Waals surface area (Å²) in [6.07, 6.45) is 5.04. The van der Waals surface area contributed by atoms with Crippen LogP contribution in [0.25, 0.3) is 0 Å². The third kappa shape index (κ3) is 3.32. The second-order valence-electron chi connectivity index (χ2n) is 5.35. The molecule has 1 fully saturated rings. The highest BCUT2D eigenvalue weighted by atomic mass is 16.4. The van der Waals surface area contributed by atoms with Gasteiger partial charge in [0.1, 0.15) is 11.9 Å². The van der Waals surface area contributed by atoms with Gasteiger partial charge in [-0.3, -0.25) is 4.79 Å². The Morgan fingerprint density at radius 2 is 2.00 bits per heavy atom. The second-order valence-corrected chi connectivity index (χ2v) is 5.35. The molecular formula is C15H21N3O3. The zero-order chi connectivity index (χ0) is 15.4. The van der Waals surface area contributed by atoms with Crippen LogP contribution in [0, 0.1) is 0 Å². The average molecular weight is 291 g/mol. The number of carboxylic acids is 1. The van der Waals surface area contributed by atoms with Gasteiger partial charge in [0.15, 0.2) is 0 Å². The van der Waals surface area contributed by atoms with Gasteiger partial charge in [-0.05, 0) is 38.3 Å². The number of likely N-dealkylation sites (N-methyl/N-ethyl adjacent to an activating group) is 1. The van der Waals surface area contributed by atoms with Crippen LogP contribution in [0.1, 0.15) is 36.5 Å². The first-order valence-corrected chi connectivity index (χ1v) is 7.22. The molecule has 21 heavy (non-hydrogen) atoms. The number of carbonyl (C=O) groups is 2. The molecule has 0 spiro atoms. The summed E-state index contributed by atoms with van der Waals surface area (Å²) in [5.41, 5.74) is 0.468. The highest BCUT2D eigenvalue weighted by Crippen LogP contribution is 2.23. The number of amides is 1. The van der Waals surface area contributed by atoms with Crippen LogP contribution < -0.4 is 4.90 Å². The lowest BCUT2D eigenvalue weighted by Crippen LogP contribution is -2.41. The van der Waals surface area contributed by atoms with E-state index in [0.717, 1.165) is 25.9 Å². The summed E-state index contributed by atoms with van der Waals surface area (Å²) in [4.78, 5) is 31.3. The first kappa shape index (κ1) is 15.3. The number of rotatable bonds is 4. The van der Waals surface area contributed by atoms with Crippen molar-refractivity contribution in [3.05, 3.63) is 23.9 Å². The van der Waals surface area contributed by atoms with E-state index < -0.39 is 12.0 Å². The number of aliphatic carboxylic acids is 1. The lowest BCUT2D eigenvalue weighted by atomic mass is 10.1. The molecule has 2 rings (SSSR count). The zero-order valence-corrected chi connectivity index (χ0v) is 12.5. The van der Waals surface area contributed by atoms with E-state index >= 15 is 0 Å². The smallest absolute Gasteiger partial charge is 0.326 e. The van der Waals surface area contributed by atoms with E-state index in [1.54, 1.807) is 18.3 Å². The van der Waals surface area contributed by atoms with Gasteiger partial charge in [0.05, 0.1) is 5.56 Å². The molecule has 0 aromatic carbocycles. The number of aromatic nitrogens is 1. The van der Waals surface area contributed by atoms with E-state index in [1.165, 1.54) is 25.3 Å². The number of carboxylic acid groups (broad SMARTS) is 1. The Kier molecular flexibility index (Phi) is 4.77. The van der Waals surface area contributed by atoms with Gasteiger partial charge in [0.2, 0.25) is 0 Å². The fourth-order valence-electron chi connectivity index (χ4n) is 2.45. The Bertz CT molecular complexity index is 527. The average Bonchev–Trinajstić information content (AvgIpc) is 2.53. The van der Waals surface area contributed by atoms with E-state index in [1.807, 2.05) is 0 Å². The molecule has 1 aliphatic heterocycles. The number of hydrogen-bond donors (Lipinski definition) is 1. The molecule has 2 heterocycles. The van der Waals surface area contributed by atoms with Crippen LogP contribution >= 0.6 is 0 Å². The Labute approximate surface area is 124 Å². The first-order chi connectivity index (χ1) is 10.0. The van der Waals surface area contributed by atoms with Crippen molar-refractivity contribution in [2.45, 2.75) is 32.2 Å². The standard InChI is InChI=1S/C15H21N3O3/c1-11(15(20)21)17(2)14(19)12-7-6-8-16-13(12)18-9-4-3-5-10-18/h6-8,11H,3-5,9-10H2,1-2H3,(H,20,21). The van der Waals surface area contributed by atoms with Gasteiger partial charge in [-0.1, -0.05) is 0 Å². The van der Waals surface area contributed by atoms with Crippen molar-refractivity contribution in [2.24, 2.45) is 0 Å². The van der Waals surface area contributed by atoms with E-state index in [0.29, 0.717) is 11.4 Å². The zero-order valence-electron chi connectivity index (χ0n) is 12.5. The molecule has 1 aromatic heterocycles. The quantitative estimate of drug-likeness (QED) is 0.912. The van der Waals surface area contributed by atoms with Crippen LogP contribution in [0.15, 0.2) is 18.3 Å². The van der Waals surface area contributed by atoms with Gasteiger partial charge in [-0.15, -0.1) is 0 Å². The Morgan fingerprint density at radius 1 is 1.33 bits per heavy atom. The molecular weight excluding hydrogens is 270 g/mol. The van der Waals surface area contributed by atoms with Gasteiger partial charge in [0, 0.05) is 26.3 Å². The minimum absolute atomic E-state index is 0.307. The molecule has 1 saturated heterocycles. The monoisotopic (exact) mass is 291 g/mol. The van der Waals surface area contributed by atoms with Crippen molar-refractivity contribution in [2.75, 3.05) is 25.0 Å². The van der Waals surface area contributed by atoms with Crippen molar-refractivity contribution in [3.63, 3.8) is 0 Å². The number of nitrogens with zero attached hydrogens (tertiary/aromatic N) is 3. The summed E-state index contributed by atoms with van der Waals surface area (Å²) < 4.78 is 0. The van der Waals surface area contributed by atoms with E-state index in [4.69, 9.17) is 5.11 Å². The predicted molar refractivity (Wildman–Crippen MR) is 79.5 cm³/mol. The summed E-state index contributed by atoms with van der Waals surface area (Å²) in [7, 11) is 1.51. The summed E-state index contributed by atoms with van der Waals surface area (Å²) >= 11 is 0. The van der Waals surface area contributed by atoms with Crippen molar-refractivity contribution in [1.29, 1.82) is 0 Å². The maximum atomic E-state index is 12.5. The third-order valence-electron chi connectivity index (χ3n) is 3.93. The van der Waals surface area contributed by atoms with Crippen molar-refractivity contribution in [3.8, 4) is 0 Å². The summed E-state index contributed by atoms with van der Waals surface area (Å²) in [5.74, 6) is -0.667. The second kappa shape index (κ2) is 6.56. The molecule has 1 unspecified atom stereocenters. The minimum atomic E-state index is -1.02. The highest BCUT2D eigenvalue weighted by molar-refractivity contribution is 6.00. The van der Waals surface area contributed by atoms with Gasteiger partial charge in [-0.2, -0.15) is 0 Å². The van der Waals surface area contributed by atoms with Crippen LogP contribution in [0.3, 0.4) is 0 Å². The van der Waals surface area contributed by atoms with E-state index in [9.17, 15) is 9.59 Å². The minimum Gasteiger partial charge on any atom is -0.480 e. The molecule has 1 aliphatic rings. The maximum Gasteiger partial charge on any atom is 0.326 e. The Morgan fingerprint density at radius 3 is 2.62 bits per heavy atom. The van der Waals surface area contributed by atoms with Crippen LogP contribution in [0.4, 0.5) is 5.82 Å². The highest BCUT2D eigenvalue weighted by Gasteiger charge is 2.26. The molecule has 6 nitrogen and oxygen atoms in total. The maximum absolute atomic E-state index is 12.5. The van der Waals surface area contributed by atoms with Gasteiger partial charge in [-0.25, -0.2) is 9.78 Å². The van der Waals surface area contributed by atoms with Crippen molar-refractivity contribution >= 4 is 17.7 Å². The molecule has 1 amide bonds. The molecule has 0 saturated carbocycles. The van der Waals surface area contributed by atoms with Gasteiger partial charge in [0.25, 0.3) is 5.91 Å². The fraction of sp³-hybridized carbons (Fsp3) is 0.533. The van der Waals surface area contributed by atoms with Crippen LogP contribution in [0.2, 0.25) is 0 Å². The molecule has 0 radical (unpaired) electrons. The van der Waals surface area contributed by atoms with Crippen LogP contribution in [0.5, 0.6) is 0 Å². The fourth-order valence-corrected chi connectivity index (χ4v) is 2.45. The number of carbonyl (C=O) groups excluding carboxylic acids is 1. The van der Waals surface area contributed by atoms with E-state index in [2.05, 4.69) is 9.88 Å². The third-order valence-corrected chi connectivity index (χ3v) is 3.93. The van der Waals surface area contributed by atoms with Gasteiger partial charge >= 0.3 is 5.97 Å². The van der Waals surface area contributed by atoms with E-state index in [-0.39, 0.29) is 5.91 Å². The Balaban J connectivity index is 2.26. The normalized spacial score (nSPS) is 16.4. The lowest BCUT2D eigenvalue weighted by molar-refractivity contribution is -0.141. The summed E-state index contributed by atoms with van der Waals surface area (Å²) in [6, 6.07) is 2.55. The largest absolute Gasteiger partial charge is 0.480 e. The molecule has 1 aromatic rings. The number of piperidine rings is 1. The number of hydrogen-bond acceptors (Lipinski definition) is 4. The van der Waals surface area contributed by atoms with Crippen molar-refractivity contribution < 1.29 is 14.7 Å². The SMILES string of the molecule is CC(C(=O)O)N(C)C(=O)c1cccnc1N1CCCCC1. The van der Waals surface area contributed by atoms with Crippen LogP contribution in [-0.4, -0.2) is 53.0 Å². The molecule has 6 heteroatoms. The summed E-state index contributed by atoms with van der Waals surface area (Å²) in [5, 5.41) is 9.05. The lowest BCUT2D eigenvalue weighted by Gasteiger charge is -2.30. The molecule has 1 atom stereocenters. The number of pyridine rings is 1.